The van der Waals surface area contributed by atoms with Gasteiger partial charge in [-0.1, -0.05) is 31.6 Å². The van der Waals surface area contributed by atoms with Crippen LogP contribution in [-0.2, 0) is 6.42 Å². The number of fused-ring (bicyclic) bond motifs is 1. The maximum absolute atomic E-state index is 9.80. The van der Waals surface area contributed by atoms with Crippen LogP contribution in [0, 0.1) is 28.6 Å². The number of hydrogen-bond acceptors (Lipinski definition) is 3. The lowest BCUT2D eigenvalue weighted by Gasteiger charge is -2.31. The summed E-state index contributed by atoms with van der Waals surface area (Å²) in [5.74, 6) is 1.73. The van der Waals surface area contributed by atoms with E-state index in [0.717, 1.165) is 62.5 Å². The second-order valence-corrected chi connectivity index (χ2v) is 7.63. The summed E-state index contributed by atoms with van der Waals surface area (Å²) in [4.78, 5) is 0. The van der Waals surface area contributed by atoms with Crippen LogP contribution in [0.4, 0.5) is 0 Å². The SMILES string of the molecule is C/C=C/C1CCC(c2cc3c(c(C#N)c2C#N)OC(CCC)CC3)CC1. The Labute approximate surface area is 157 Å². The first-order chi connectivity index (χ1) is 12.7. The summed E-state index contributed by atoms with van der Waals surface area (Å²) in [6.45, 7) is 4.23. The molecule has 1 aromatic carbocycles. The van der Waals surface area contributed by atoms with Crippen LogP contribution in [0.3, 0.4) is 0 Å². The second-order valence-electron chi connectivity index (χ2n) is 7.63. The molecule has 0 aromatic heterocycles. The van der Waals surface area contributed by atoms with Gasteiger partial charge in [0, 0.05) is 0 Å². The van der Waals surface area contributed by atoms with Crippen LogP contribution >= 0.6 is 0 Å². The Kier molecular flexibility index (Phi) is 6.00. The van der Waals surface area contributed by atoms with Gasteiger partial charge in [0.2, 0.25) is 0 Å². The van der Waals surface area contributed by atoms with Crippen LogP contribution < -0.4 is 4.74 Å². The van der Waals surface area contributed by atoms with E-state index in [2.05, 4.69) is 44.2 Å². The molecule has 1 aromatic rings. The van der Waals surface area contributed by atoms with Crippen molar-refractivity contribution in [1.82, 2.24) is 0 Å². The summed E-state index contributed by atoms with van der Waals surface area (Å²) in [7, 11) is 0. The predicted octanol–water partition coefficient (Wildman–Crippen LogP) is 5.77. The molecule has 3 rings (SSSR count). The molecule has 0 spiro atoms. The second kappa shape index (κ2) is 8.41. The number of ether oxygens (including phenoxy) is 1. The van der Waals surface area contributed by atoms with Crippen LogP contribution in [0.5, 0.6) is 5.75 Å². The number of benzene rings is 1. The zero-order valence-electron chi connectivity index (χ0n) is 15.9. The standard InChI is InChI=1S/C23H28N2O/c1-3-5-16-7-9-17(10-8-16)20-13-18-11-12-19(6-4-2)26-23(18)22(15-25)21(20)14-24/h3,5,13,16-17,19H,4,6-12H2,1-2H3/b5-3+. The van der Waals surface area contributed by atoms with E-state index in [9.17, 15) is 10.5 Å². The molecule has 1 heterocycles. The van der Waals surface area contributed by atoms with E-state index in [1.54, 1.807) is 0 Å². The van der Waals surface area contributed by atoms with Gasteiger partial charge in [-0.3, -0.25) is 0 Å². The molecule has 2 aliphatic rings. The molecule has 0 N–H and O–H groups in total. The Morgan fingerprint density at radius 2 is 1.85 bits per heavy atom. The maximum Gasteiger partial charge on any atom is 0.142 e. The summed E-state index contributed by atoms with van der Waals surface area (Å²) in [5, 5.41) is 19.6. The summed E-state index contributed by atoms with van der Waals surface area (Å²) in [6.07, 6.45) is 13.1. The molecule has 136 valence electrons. The monoisotopic (exact) mass is 348 g/mol. The van der Waals surface area contributed by atoms with Crippen molar-refractivity contribution in [1.29, 1.82) is 10.5 Å². The highest BCUT2D eigenvalue weighted by Gasteiger charge is 2.30. The first-order valence-electron chi connectivity index (χ1n) is 10.0. The van der Waals surface area contributed by atoms with Gasteiger partial charge in [-0.2, -0.15) is 10.5 Å². The third-order valence-corrected chi connectivity index (χ3v) is 5.92. The fourth-order valence-corrected chi connectivity index (χ4v) is 4.58. The molecule has 3 heteroatoms. The fourth-order valence-electron chi connectivity index (χ4n) is 4.58. The van der Waals surface area contributed by atoms with Crippen molar-refractivity contribution in [2.75, 3.05) is 0 Å². The van der Waals surface area contributed by atoms with Crippen molar-refractivity contribution in [3.05, 3.63) is 40.5 Å². The average Bonchev–Trinajstić information content (AvgIpc) is 2.67. The third-order valence-electron chi connectivity index (χ3n) is 5.92. The first-order valence-corrected chi connectivity index (χ1v) is 10.0. The molecule has 1 saturated carbocycles. The highest BCUT2D eigenvalue weighted by molar-refractivity contribution is 5.62. The number of rotatable bonds is 4. The molecule has 0 radical (unpaired) electrons. The number of nitrogens with zero attached hydrogens (tertiary/aromatic N) is 2. The van der Waals surface area contributed by atoms with Crippen molar-refractivity contribution in [3.63, 3.8) is 0 Å². The minimum atomic E-state index is 0.174. The van der Waals surface area contributed by atoms with Crippen molar-refractivity contribution < 1.29 is 4.74 Å². The average molecular weight is 348 g/mol. The quantitative estimate of drug-likeness (QED) is 0.649. The number of nitriles is 2. The molecule has 0 amide bonds. The van der Waals surface area contributed by atoms with Crippen molar-refractivity contribution in [3.8, 4) is 17.9 Å². The smallest absolute Gasteiger partial charge is 0.142 e. The van der Waals surface area contributed by atoms with Gasteiger partial charge in [0.15, 0.2) is 0 Å². The minimum absolute atomic E-state index is 0.174. The molecular formula is C23H28N2O. The lowest BCUT2D eigenvalue weighted by atomic mass is 9.76. The Bertz CT molecular complexity index is 758. The third kappa shape index (κ3) is 3.63. The van der Waals surface area contributed by atoms with E-state index in [4.69, 9.17) is 4.74 Å². The Morgan fingerprint density at radius 3 is 2.46 bits per heavy atom. The van der Waals surface area contributed by atoms with Gasteiger partial charge < -0.3 is 4.74 Å². The lowest BCUT2D eigenvalue weighted by molar-refractivity contribution is 0.162. The molecule has 0 bridgehead atoms. The Morgan fingerprint density at radius 1 is 1.12 bits per heavy atom. The number of aryl methyl sites for hydroxylation is 1. The summed E-state index contributed by atoms with van der Waals surface area (Å²) < 4.78 is 6.15. The molecule has 0 saturated heterocycles. The predicted molar refractivity (Wildman–Crippen MR) is 103 cm³/mol. The van der Waals surface area contributed by atoms with Crippen LogP contribution in [0.2, 0.25) is 0 Å². The molecule has 1 aliphatic carbocycles. The molecule has 26 heavy (non-hydrogen) atoms. The van der Waals surface area contributed by atoms with E-state index in [1.165, 1.54) is 0 Å². The highest BCUT2D eigenvalue weighted by Crippen LogP contribution is 2.43. The van der Waals surface area contributed by atoms with E-state index in [1.807, 2.05) is 0 Å². The molecule has 1 fully saturated rings. The van der Waals surface area contributed by atoms with E-state index in [0.29, 0.717) is 28.7 Å². The zero-order valence-corrected chi connectivity index (χ0v) is 15.9. The Balaban J connectivity index is 1.93. The number of allylic oxidation sites excluding steroid dienone is 2. The van der Waals surface area contributed by atoms with Crippen molar-refractivity contribution in [2.45, 2.75) is 77.2 Å². The van der Waals surface area contributed by atoms with Crippen LogP contribution in [0.25, 0.3) is 0 Å². The fraction of sp³-hybridized carbons (Fsp3) is 0.565. The van der Waals surface area contributed by atoms with Crippen molar-refractivity contribution in [2.24, 2.45) is 5.92 Å². The van der Waals surface area contributed by atoms with Gasteiger partial charge in [-0.15, -0.1) is 0 Å². The normalized spacial score (nSPS) is 25.2. The number of hydrogen-bond donors (Lipinski definition) is 0. The van der Waals surface area contributed by atoms with Crippen LogP contribution in [0.1, 0.15) is 87.0 Å². The van der Waals surface area contributed by atoms with Crippen LogP contribution in [-0.4, -0.2) is 6.10 Å². The molecular weight excluding hydrogens is 320 g/mol. The van der Waals surface area contributed by atoms with E-state index < -0.39 is 0 Å². The molecule has 1 unspecified atom stereocenters. The first kappa shape index (κ1) is 18.5. The molecule has 3 nitrogen and oxygen atoms in total. The lowest BCUT2D eigenvalue weighted by Crippen LogP contribution is -2.24. The summed E-state index contributed by atoms with van der Waals surface area (Å²) >= 11 is 0. The molecule has 1 atom stereocenters. The largest absolute Gasteiger partial charge is 0.489 e. The van der Waals surface area contributed by atoms with Gasteiger partial charge in [0.05, 0.1) is 11.7 Å². The molecule has 1 aliphatic heterocycles. The van der Waals surface area contributed by atoms with Crippen LogP contribution in [0.15, 0.2) is 18.2 Å². The van der Waals surface area contributed by atoms with Gasteiger partial charge in [0.1, 0.15) is 23.5 Å². The topological polar surface area (TPSA) is 56.8 Å². The van der Waals surface area contributed by atoms with Gasteiger partial charge >= 0.3 is 0 Å². The van der Waals surface area contributed by atoms with E-state index in [-0.39, 0.29) is 6.10 Å². The highest BCUT2D eigenvalue weighted by atomic mass is 16.5. The van der Waals surface area contributed by atoms with Gasteiger partial charge in [-0.25, -0.2) is 0 Å². The summed E-state index contributed by atoms with van der Waals surface area (Å²) in [6, 6.07) is 6.79. The maximum atomic E-state index is 9.80. The zero-order chi connectivity index (χ0) is 18.5. The summed E-state index contributed by atoms with van der Waals surface area (Å²) in [5.41, 5.74) is 3.23. The van der Waals surface area contributed by atoms with Gasteiger partial charge in [-0.05, 0) is 74.8 Å². The van der Waals surface area contributed by atoms with Gasteiger partial charge in [0.25, 0.3) is 0 Å². The minimum Gasteiger partial charge on any atom is -0.489 e. The Hall–Kier alpha value is -2.26. The van der Waals surface area contributed by atoms with Crippen molar-refractivity contribution >= 4 is 0 Å². The van der Waals surface area contributed by atoms with E-state index >= 15 is 0 Å².